The first-order valence-electron chi connectivity index (χ1n) is 8.04. The summed E-state index contributed by atoms with van der Waals surface area (Å²) in [6.45, 7) is 4.63. The molecule has 0 saturated carbocycles. The quantitative estimate of drug-likeness (QED) is 0.829. The molecule has 0 amide bonds. The van der Waals surface area contributed by atoms with Gasteiger partial charge in [0, 0.05) is 37.9 Å². The summed E-state index contributed by atoms with van der Waals surface area (Å²) in [5.41, 5.74) is 4.50. The molecule has 1 unspecified atom stereocenters. The summed E-state index contributed by atoms with van der Waals surface area (Å²) in [6, 6.07) is 20.5. The lowest BCUT2D eigenvalue weighted by atomic mass is 10.1. The van der Waals surface area contributed by atoms with Crippen molar-refractivity contribution in [3.05, 3.63) is 65.7 Å². The molecule has 2 aliphatic rings. The lowest BCUT2D eigenvalue weighted by molar-refractivity contribution is 0.185. The third-order valence-corrected chi connectivity index (χ3v) is 4.98. The van der Waals surface area contributed by atoms with Crippen molar-refractivity contribution in [3.63, 3.8) is 0 Å². The van der Waals surface area contributed by atoms with Gasteiger partial charge in [0.05, 0.1) is 0 Å². The van der Waals surface area contributed by atoms with E-state index in [1.165, 1.54) is 31.6 Å². The van der Waals surface area contributed by atoms with Gasteiger partial charge in [-0.3, -0.25) is 4.90 Å². The summed E-state index contributed by atoms with van der Waals surface area (Å²) < 4.78 is 0. The molecular formula is C19H22N2. The Bertz CT molecular complexity index is 600. The Labute approximate surface area is 127 Å². The molecule has 1 aliphatic heterocycles. The molecule has 4 rings (SSSR count). The van der Waals surface area contributed by atoms with Crippen molar-refractivity contribution in [3.8, 4) is 0 Å². The van der Waals surface area contributed by atoms with Gasteiger partial charge in [-0.25, -0.2) is 0 Å². The van der Waals surface area contributed by atoms with Crippen molar-refractivity contribution in [2.45, 2.75) is 18.9 Å². The van der Waals surface area contributed by atoms with Gasteiger partial charge in [-0.15, -0.1) is 0 Å². The van der Waals surface area contributed by atoms with Crippen molar-refractivity contribution in [1.29, 1.82) is 0 Å². The van der Waals surface area contributed by atoms with E-state index in [1.807, 2.05) is 0 Å². The summed E-state index contributed by atoms with van der Waals surface area (Å²) in [5, 5.41) is 0. The largest absolute Gasteiger partial charge is 0.369 e. The maximum absolute atomic E-state index is 2.69. The number of anilines is 1. The number of benzene rings is 2. The molecule has 1 saturated heterocycles. The van der Waals surface area contributed by atoms with Crippen LogP contribution in [0.5, 0.6) is 0 Å². The Morgan fingerprint density at radius 1 is 0.762 bits per heavy atom. The van der Waals surface area contributed by atoms with Crippen LogP contribution in [0.15, 0.2) is 54.6 Å². The van der Waals surface area contributed by atoms with E-state index in [4.69, 9.17) is 0 Å². The molecule has 108 valence electrons. The minimum Gasteiger partial charge on any atom is -0.369 e. The van der Waals surface area contributed by atoms with Gasteiger partial charge in [0.2, 0.25) is 0 Å². The van der Waals surface area contributed by atoms with Crippen LogP contribution in [0.25, 0.3) is 0 Å². The minimum atomic E-state index is 0.652. The number of hydrogen-bond donors (Lipinski definition) is 0. The Kier molecular flexibility index (Phi) is 3.40. The zero-order valence-corrected chi connectivity index (χ0v) is 12.4. The smallest absolute Gasteiger partial charge is 0.0367 e. The zero-order chi connectivity index (χ0) is 14.1. The number of fused-ring (bicyclic) bond motifs is 1. The average molecular weight is 278 g/mol. The van der Waals surface area contributed by atoms with Gasteiger partial charge in [-0.05, 0) is 36.1 Å². The van der Waals surface area contributed by atoms with Crippen LogP contribution in [0.1, 0.15) is 23.6 Å². The van der Waals surface area contributed by atoms with Crippen molar-refractivity contribution in [2.75, 3.05) is 31.1 Å². The van der Waals surface area contributed by atoms with E-state index in [-0.39, 0.29) is 0 Å². The first-order chi connectivity index (χ1) is 10.4. The predicted octanol–water partition coefficient (Wildman–Crippen LogP) is 3.50. The number of rotatable bonds is 2. The monoisotopic (exact) mass is 278 g/mol. The highest BCUT2D eigenvalue weighted by Crippen LogP contribution is 2.36. The summed E-state index contributed by atoms with van der Waals surface area (Å²) in [5.74, 6) is 0. The lowest BCUT2D eigenvalue weighted by Crippen LogP contribution is -2.47. The van der Waals surface area contributed by atoms with Crippen LogP contribution in [-0.2, 0) is 6.42 Å². The van der Waals surface area contributed by atoms with Crippen molar-refractivity contribution in [1.82, 2.24) is 4.90 Å². The van der Waals surface area contributed by atoms with E-state index in [9.17, 15) is 0 Å². The average Bonchev–Trinajstić information content (AvgIpc) is 3.00. The second-order valence-corrected chi connectivity index (χ2v) is 6.11. The fourth-order valence-electron chi connectivity index (χ4n) is 3.84. The fourth-order valence-corrected chi connectivity index (χ4v) is 3.84. The van der Waals surface area contributed by atoms with Gasteiger partial charge in [0.25, 0.3) is 0 Å². The maximum atomic E-state index is 2.69. The van der Waals surface area contributed by atoms with Crippen LogP contribution in [-0.4, -0.2) is 31.1 Å². The molecule has 0 bridgehead atoms. The van der Waals surface area contributed by atoms with Crippen LogP contribution < -0.4 is 4.90 Å². The van der Waals surface area contributed by atoms with Gasteiger partial charge in [-0.2, -0.15) is 0 Å². The molecule has 1 fully saturated rings. The molecule has 21 heavy (non-hydrogen) atoms. The predicted molar refractivity (Wildman–Crippen MR) is 87.7 cm³/mol. The van der Waals surface area contributed by atoms with Gasteiger partial charge in [-0.1, -0.05) is 42.5 Å². The Morgan fingerprint density at radius 3 is 2.29 bits per heavy atom. The van der Waals surface area contributed by atoms with E-state index in [0.29, 0.717) is 6.04 Å². The highest BCUT2D eigenvalue weighted by Gasteiger charge is 2.29. The fraction of sp³-hybridized carbons (Fsp3) is 0.368. The summed E-state index contributed by atoms with van der Waals surface area (Å²) in [4.78, 5) is 5.20. The number of nitrogens with zero attached hydrogens (tertiary/aromatic N) is 2. The van der Waals surface area contributed by atoms with Crippen LogP contribution >= 0.6 is 0 Å². The van der Waals surface area contributed by atoms with E-state index in [1.54, 1.807) is 11.1 Å². The SMILES string of the molecule is c1ccc(N2CCN(C3CCc4ccccc43)CC2)cc1. The number of hydrogen-bond acceptors (Lipinski definition) is 2. The molecule has 1 heterocycles. The Hall–Kier alpha value is -1.80. The van der Waals surface area contributed by atoms with Crippen molar-refractivity contribution in [2.24, 2.45) is 0 Å². The normalized spacial score (nSPS) is 22.3. The van der Waals surface area contributed by atoms with Crippen LogP contribution in [0.2, 0.25) is 0 Å². The van der Waals surface area contributed by atoms with Gasteiger partial charge < -0.3 is 4.90 Å². The first kappa shape index (κ1) is 12.9. The van der Waals surface area contributed by atoms with Crippen molar-refractivity contribution < 1.29 is 0 Å². The van der Waals surface area contributed by atoms with E-state index in [2.05, 4.69) is 64.4 Å². The zero-order valence-electron chi connectivity index (χ0n) is 12.4. The number of aryl methyl sites for hydroxylation is 1. The second-order valence-electron chi connectivity index (χ2n) is 6.11. The Morgan fingerprint density at radius 2 is 1.48 bits per heavy atom. The lowest BCUT2D eigenvalue weighted by Gasteiger charge is -2.39. The molecule has 2 aromatic rings. The highest BCUT2D eigenvalue weighted by molar-refractivity contribution is 5.46. The first-order valence-corrected chi connectivity index (χ1v) is 8.04. The molecule has 0 N–H and O–H groups in total. The summed E-state index contributed by atoms with van der Waals surface area (Å²) in [7, 11) is 0. The molecule has 0 aromatic heterocycles. The molecule has 1 atom stereocenters. The van der Waals surface area contributed by atoms with E-state index in [0.717, 1.165) is 13.1 Å². The van der Waals surface area contributed by atoms with Gasteiger partial charge >= 0.3 is 0 Å². The van der Waals surface area contributed by atoms with Crippen LogP contribution in [0.4, 0.5) is 5.69 Å². The highest BCUT2D eigenvalue weighted by atomic mass is 15.3. The second kappa shape index (κ2) is 5.53. The van der Waals surface area contributed by atoms with E-state index < -0.39 is 0 Å². The van der Waals surface area contributed by atoms with Gasteiger partial charge in [0.15, 0.2) is 0 Å². The van der Waals surface area contributed by atoms with Gasteiger partial charge in [0.1, 0.15) is 0 Å². The summed E-state index contributed by atoms with van der Waals surface area (Å²) in [6.07, 6.45) is 2.55. The topological polar surface area (TPSA) is 6.48 Å². The molecule has 1 aliphatic carbocycles. The number of piperazine rings is 1. The standard InChI is InChI=1S/C19H22N2/c1-2-7-17(8-3-1)20-12-14-21(15-13-20)19-11-10-16-6-4-5-9-18(16)19/h1-9,19H,10-15H2. The van der Waals surface area contributed by atoms with E-state index >= 15 is 0 Å². The molecule has 2 heteroatoms. The van der Waals surface area contributed by atoms with Crippen molar-refractivity contribution >= 4 is 5.69 Å². The maximum Gasteiger partial charge on any atom is 0.0367 e. The molecule has 2 nitrogen and oxygen atoms in total. The third kappa shape index (κ3) is 2.44. The minimum absolute atomic E-state index is 0.652. The third-order valence-electron chi connectivity index (χ3n) is 4.98. The van der Waals surface area contributed by atoms with Crippen LogP contribution in [0.3, 0.4) is 0 Å². The summed E-state index contributed by atoms with van der Waals surface area (Å²) >= 11 is 0. The Balaban J connectivity index is 1.45. The number of para-hydroxylation sites is 1. The van der Waals surface area contributed by atoms with Crippen LogP contribution in [0, 0.1) is 0 Å². The molecule has 0 spiro atoms. The molecule has 2 aromatic carbocycles. The molecule has 0 radical (unpaired) electrons. The molecular weight excluding hydrogens is 256 g/mol.